The largest absolute Gasteiger partial charge is 0.489 e. The van der Waals surface area contributed by atoms with Crippen molar-refractivity contribution in [1.82, 2.24) is 5.32 Å². The second-order valence-corrected chi connectivity index (χ2v) is 5.71. The molecule has 0 unspecified atom stereocenters. The number of hydrogen-bond acceptors (Lipinski definition) is 2. The molecule has 2 aromatic carbocycles. The average Bonchev–Trinajstić information content (AvgIpc) is 3.36. The summed E-state index contributed by atoms with van der Waals surface area (Å²) in [5, 5.41) is 3.57. The zero-order chi connectivity index (χ0) is 14.5. The lowest BCUT2D eigenvalue weighted by molar-refractivity contribution is 0.304. The van der Waals surface area contributed by atoms with Gasteiger partial charge in [-0.15, -0.1) is 0 Å². The van der Waals surface area contributed by atoms with Crippen molar-refractivity contribution in [2.45, 2.75) is 45.4 Å². The van der Waals surface area contributed by atoms with Gasteiger partial charge in [-0.25, -0.2) is 0 Å². The Morgan fingerprint density at radius 2 is 1.71 bits per heavy atom. The predicted molar refractivity (Wildman–Crippen MR) is 86.5 cm³/mol. The van der Waals surface area contributed by atoms with Crippen molar-refractivity contribution in [3.05, 3.63) is 65.2 Å². The molecule has 1 N–H and O–H groups in total. The van der Waals surface area contributed by atoms with Crippen molar-refractivity contribution < 1.29 is 4.74 Å². The molecule has 1 fully saturated rings. The molecule has 110 valence electrons. The summed E-state index contributed by atoms with van der Waals surface area (Å²) in [5.74, 6) is 0.942. The van der Waals surface area contributed by atoms with Crippen LogP contribution in [-0.2, 0) is 19.6 Å². The van der Waals surface area contributed by atoms with E-state index in [0.29, 0.717) is 6.61 Å². The Bertz CT molecular complexity index is 572. The second kappa shape index (κ2) is 6.77. The van der Waals surface area contributed by atoms with Gasteiger partial charge in [0.1, 0.15) is 12.4 Å². The molecular weight excluding hydrogens is 258 g/mol. The molecule has 0 atom stereocenters. The Balaban J connectivity index is 1.60. The van der Waals surface area contributed by atoms with E-state index in [4.69, 9.17) is 4.74 Å². The van der Waals surface area contributed by atoms with Gasteiger partial charge in [-0.05, 0) is 48.1 Å². The SMILES string of the molecule is CCc1ccc(OCc2ccccc2CNC2CC2)cc1. The van der Waals surface area contributed by atoms with E-state index in [1.54, 1.807) is 0 Å². The minimum atomic E-state index is 0.633. The van der Waals surface area contributed by atoms with E-state index in [1.165, 1.54) is 29.5 Å². The number of aryl methyl sites for hydroxylation is 1. The van der Waals surface area contributed by atoms with E-state index in [9.17, 15) is 0 Å². The van der Waals surface area contributed by atoms with Crippen LogP contribution < -0.4 is 10.1 Å². The van der Waals surface area contributed by atoms with Crippen molar-refractivity contribution in [2.75, 3.05) is 0 Å². The van der Waals surface area contributed by atoms with E-state index in [-0.39, 0.29) is 0 Å². The van der Waals surface area contributed by atoms with Gasteiger partial charge in [-0.3, -0.25) is 0 Å². The molecule has 1 aliphatic carbocycles. The molecule has 1 saturated carbocycles. The lowest BCUT2D eigenvalue weighted by Crippen LogP contribution is -2.16. The van der Waals surface area contributed by atoms with Crippen LogP contribution in [0.2, 0.25) is 0 Å². The Kier molecular flexibility index (Phi) is 4.56. The topological polar surface area (TPSA) is 21.3 Å². The van der Waals surface area contributed by atoms with Gasteiger partial charge < -0.3 is 10.1 Å². The van der Waals surface area contributed by atoms with Crippen molar-refractivity contribution in [1.29, 1.82) is 0 Å². The highest BCUT2D eigenvalue weighted by Gasteiger charge is 2.20. The van der Waals surface area contributed by atoms with Crippen LogP contribution >= 0.6 is 0 Å². The minimum absolute atomic E-state index is 0.633. The molecule has 0 heterocycles. The van der Waals surface area contributed by atoms with Crippen molar-refractivity contribution in [3.63, 3.8) is 0 Å². The normalized spacial score (nSPS) is 14.1. The number of nitrogens with one attached hydrogen (secondary N) is 1. The smallest absolute Gasteiger partial charge is 0.119 e. The van der Waals surface area contributed by atoms with Gasteiger partial charge in [0, 0.05) is 12.6 Å². The average molecular weight is 281 g/mol. The summed E-state index contributed by atoms with van der Waals surface area (Å²) in [5.41, 5.74) is 3.95. The summed E-state index contributed by atoms with van der Waals surface area (Å²) in [4.78, 5) is 0. The number of benzene rings is 2. The Labute approximate surface area is 127 Å². The summed E-state index contributed by atoms with van der Waals surface area (Å²) >= 11 is 0. The first-order valence-corrected chi connectivity index (χ1v) is 7.87. The lowest BCUT2D eigenvalue weighted by Gasteiger charge is -2.12. The van der Waals surface area contributed by atoms with Gasteiger partial charge >= 0.3 is 0 Å². The van der Waals surface area contributed by atoms with Crippen LogP contribution in [0.25, 0.3) is 0 Å². The molecule has 0 saturated heterocycles. The van der Waals surface area contributed by atoms with E-state index in [0.717, 1.165) is 24.8 Å². The summed E-state index contributed by atoms with van der Waals surface area (Å²) < 4.78 is 5.93. The monoisotopic (exact) mass is 281 g/mol. The highest BCUT2D eigenvalue weighted by Crippen LogP contribution is 2.21. The lowest BCUT2D eigenvalue weighted by atomic mass is 10.1. The molecule has 0 spiro atoms. The van der Waals surface area contributed by atoms with Gasteiger partial charge in [-0.1, -0.05) is 43.3 Å². The summed E-state index contributed by atoms with van der Waals surface area (Å²) in [7, 11) is 0. The fourth-order valence-electron chi connectivity index (χ4n) is 2.39. The number of rotatable bonds is 7. The molecule has 21 heavy (non-hydrogen) atoms. The summed E-state index contributed by atoms with van der Waals surface area (Å²) in [6, 6.07) is 17.7. The first kappa shape index (κ1) is 14.2. The van der Waals surface area contributed by atoms with Crippen LogP contribution in [0.5, 0.6) is 5.75 Å². The van der Waals surface area contributed by atoms with Crippen LogP contribution in [0, 0.1) is 0 Å². The van der Waals surface area contributed by atoms with Crippen LogP contribution in [0.4, 0.5) is 0 Å². The third kappa shape index (κ3) is 4.08. The molecular formula is C19H23NO. The molecule has 0 aliphatic heterocycles. The molecule has 2 heteroatoms. The zero-order valence-corrected chi connectivity index (χ0v) is 12.6. The first-order chi connectivity index (χ1) is 10.3. The third-order valence-corrected chi connectivity index (χ3v) is 4.00. The Hall–Kier alpha value is -1.80. The van der Waals surface area contributed by atoms with Crippen molar-refractivity contribution >= 4 is 0 Å². The van der Waals surface area contributed by atoms with E-state index in [1.807, 2.05) is 0 Å². The van der Waals surface area contributed by atoms with E-state index >= 15 is 0 Å². The molecule has 0 radical (unpaired) electrons. The maximum Gasteiger partial charge on any atom is 0.119 e. The summed E-state index contributed by atoms with van der Waals surface area (Å²) in [6.45, 7) is 3.74. The highest BCUT2D eigenvalue weighted by atomic mass is 16.5. The predicted octanol–water partition coefficient (Wildman–Crippen LogP) is 4.08. The van der Waals surface area contributed by atoms with E-state index < -0.39 is 0 Å². The van der Waals surface area contributed by atoms with Gasteiger partial charge in [0.05, 0.1) is 0 Å². The van der Waals surface area contributed by atoms with Crippen molar-refractivity contribution in [2.24, 2.45) is 0 Å². The second-order valence-electron chi connectivity index (χ2n) is 5.71. The molecule has 1 aliphatic rings. The van der Waals surface area contributed by atoms with Gasteiger partial charge in [0.25, 0.3) is 0 Å². The molecule has 0 amide bonds. The van der Waals surface area contributed by atoms with Crippen LogP contribution in [0.15, 0.2) is 48.5 Å². The Morgan fingerprint density at radius 3 is 2.38 bits per heavy atom. The molecule has 0 aromatic heterocycles. The fourth-order valence-corrected chi connectivity index (χ4v) is 2.39. The first-order valence-electron chi connectivity index (χ1n) is 7.87. The van der Waals surface area contributed by atoms with Crippen LogP contribution in [-0.4, -0.2) is 6.04 Å². The molecule has 3 rings (SSSR count). The van der Waals surface area contributed by atoms with Gasteiger partial charge in [0.15, 0.2) is 0 Å². The maximum absolute atomic E-state index is 5.93. The van der Waals surface area contributed by atoms with Crippen LogP contribution in [0.3, 0.4) is 0 Å². The molecule has 2 aromatic rings. The van der Waals surface area contributed by atoms with Crippen LogP contribution in [0.1, 0.15) is 36.5 Å². The third-order valence-electron chi connectivity index (χ3n) is 4.00. The quantitative estimate of drug-likeness (QED) is 0.825. The van der Waals surface area contributed by atoms with Crippen molar-refractivity contribution in [3.8, 4) is 5.75 Å². The highest BCUT2D eigenvalue weighted by molar-refractivity contribution is 5.30. The minimum Gasteiger partial charge on any atom is -0.489 e. The van der Waals surface area contributed by atoms with Gasteiger partial charge in [-0.2, -0.15) is 0 Å². The number of hydrogen-bond donors (Lipinski definition) is 1. The van der Waals surface area contributed by atoms with Gasteiger partial charge in [0.2, 0.25) is 0 Å². The summed E-state index contributed by atoms with van der Waals surface area (Å²) in [6.07, 6.45) is 3.71. The molecule has 2 nitrogen and oxygen atoms in total. The molecule has 0 bridgehead atoms. The standard InChI is InChI=1S/C19H23NO/c1-2-15-7-11-19(12-8-15)21-14-17-6-4-3-5-16(17)13-20-18-9-10-18/h3-8,11-12,18,20H,2,9-10,13-14H2,1H3. The van der Waals surface area contributed by atoms with E-state index in [2.05, 4.69) is 60.8 Å². The Morgan fingerprint density at radius 1 is 1.00 bits per heavy atom. The maximum atomic E-state index is 5.93. The zero-order valence-electron chi connectivity index (χ0n) is 12.6. The fraction of sp³-hybridized carbons (Fsp3) is 0.368. The number of ether oxygens (including phenoxy) is 1.